The van der Waals surface area contributed by atoms with Gasteiger partial charge in [-0.25, -0.2) is 0 Å². The second kappa shape index (κ2) is 17.3. The summed E-state index contributed by atoms with van der Waals surface area (Å²) < 4.78 is 14.9. The van der Waals surface area contributed by atoms with Crippen LogP contribution in [0.15, 0.2) is 12.2 Å². The summed E-state index contributed by atoms with van der Waals surface area (Å²) in [5.41, 5.74) is 0. The molecule has 1 saturated heterocycles. The van der Waals surface area contributed by atoms with Gasteiger partial charge in [-0.1, -0.05) is 70.4 Å². The first-order valence-electron chi connectivity index (χ1n) is 11.0. The highest BCUT2D eigenvalue weighted by Gasteiger charge is 2.31. The van der Waals surface area contributed by atoms with Crippen molar-refractivity contribution in [2.75, 3.05) is 13.2 Å². The summed E-state index contributed by atoms with van der Waals surface area (Å²) in [6.07, 6.45) is 20.9. The number of ether oxygens (including phenoxy) is 1. The summed E-state index contributed by atoms with van der Waals surface area (Å²) in [5, 5.41) is 9.03. The van der Waals surface area contributed by atoms with E-state index in [9.17, 15) is 4.79 Å². The van der Waals surface area contributed by atoms with Crippen molar-refractivity contribution < 1.29 is 23.9 Å². The van der Waals surface area contributed by atoms with Gasteiger partial charge in [-0.2, -0.15) is 0 Å². The summed E-state index contributed by atoms with van der Waals surface area (Å²) in [4.78, 5) is 11.6. The molecule has 0 aliphatic carbocycles. The third kappa shape index (κ3) is 14.8. The maximum Gasteiger partial charge on any atom is 0.637 e. The molecule has 1 atom stereocenters. The molecule has 0 bridgehead atoms. The highest BCUT2D eigenvalue weighted by Crippen LogP contribution is 2.11. The summed E-state index contributed by atoms with van der Waals surface area (Å²) in [6, 6.07) is 0. The number of hydrogen-bond acceptors (Lipinski definition) is 5. The lowest BCUT2D eigenvalue weighted by Gasteiger charge is -2.09. The van der Waals surface area contributed by atoms with Gasteiger partial charge in [-0.05, 0) is 32.1 Å². The van der Waals surface area contributed by atoms with Gasteiger partial charge < -0.3 is 19.1 Å². The van der Waals surface area contributed by atoms with E-state index in [1.165, 1.54) is 70.6 Å². The molecular formula is C21H39BO5. The Balaban J connectivity index is 1.78. The van der Waals surface area contributed by atoms with E-state index in [-0.39, 0.29) is 25.3 Å². The fourth-order valence-electron chi connectivity index (χ4n) is 3.12. The monoisotopic (exact) mass is 382 g/mol. The third-order valence-corrected chi connectivity index (χ3v) is 4.81. The number of esters is 1. The zero-order chi connectivity index (χ0) is 19.6. The first-order valence-corrected chi connectivity index (χ1v) is 11.0. The average molecular weight is 382 g/mol. The Morgan fingerprint density at radius 1 is 1.00 bits per heavy atom. The van der Waals surface area contributed by atoms with Crippen molar-refractivity contribution in [3.8, 4) is 0 Å². The van der Waals surface area contributed by atoms with Crippen LogP contribution < -0.4 is 0 Å². The number of carbonyl (C=O) groups excluding carboxylic acids is 1. The maximum absolute atomic E-state index is 11.6. The molecule has 1 N–H and O–H groups in total. The highest BCUT2D eigenvalue weighted by atomic mass is 16.7. The minimum absolute atomic E-state index is 0.154. The van der Waals surface area contributed by atoms with Crippen LogP contribution in [0, 0.1) is 0 Å². The number of rotatable bonds is 17. The lowest BCUT2D eigenvalue weighted by Crippen LogP contribution is -2.22. The molecule has 0 spiro atoms. The van der Waals surface area contributed by atoms with Crippen molar-refractivity contribution in [1.29, 1.82) is 0 Å². The molecule has 0 radical (unpaired) electrons. The lowest BCUT2D eigenvalue weighted by molar-refractivity contribution is -0.146. The molecule has 6 heteroatoms. The summed E-state index contributed by atoms with van der Waals surface area (Å²) in [5.74, 6) is -0.197. The van der Waals surface area contributed by atoms with E-state index < -0.39 is 7.32 Å². The van der Waals surface area contributed by atoms with Crippen LogP contribution in [0.3, 0.4) is 0 Å². The van der Waals surface area contributed by atoms with Crippen LogP contribution >= 0.6 is 0 Å². The highest BCUT2D eigenvalue weighted by molar-refractivity contribution is 6.35. The van der Waals surface area contributed by atoms with Crippen LogP contribution in [-0.4, -0.2) is 37.6 Å². The second-order valence-electron chi connectivity index (χ2n) is 7.42. The van der Waals surface area contributed by atoms with Crippen molar-refractivity contribution in [2.24, 2.45) is 0 Å². The van der Waals surface area contributed by atoms with Gasteiger partial charge in [0, 0.05) is 6.42 Å². The minimum atomic E-state index is -1.18. The van der Waals surface area contributed by atoms with Gasteiger partial charge in [0.1, 0.15) is 12.7 Å². The van der Waals surface area contributed by atoms with Crippen LogP contribution in [0.25, 0.3) is 0 Å². The summed E-state index contributed by atoms with van der Waals surface area (Å²) >= 11 is 0. The van der Waals surface area contributed by atoms with Crippen molar-refractivity contribution in [2.45, 2.75) is 103 Å². The molecule has 1 aliphatic heterocycles. The van der Waals surface area contributed by atoms with Crippen LogP contribution in [0.5, 0.6) is 0 Å². The normalized spacial score (nSPS) is 17.1. The van der Waals surface area contributed by atoms with Crippen molar-refractivity contribution in [3.05, 3.63) is 12.2 Å². The largest absolute Gasteiger partial charge is 0.637 e. The molecule has 0 amide bonds. The summed E-state index contributed by atoms with van der Waals surface area (Å²) in [6.45, 7) is 2.68. The van der Waals surface area contributed by atoms with E-state index in [4.69, 9.17) is 19.1 Å². The first-order chi connectivity index (χ1) is 13.2. The number of carbonyl (C=O) groups is 1. The Morgan fingerprint density at radius 2 is 1.59 bits per heavy atom. The molecule has 0 aromatic rings. The Labute approximate surface area is 166 Å². The molecule has 1 rings (SSSR count). The SMILES string of the molecule is CCCCCCCC/C=C\CCCCCCCC(=O)OCC1COB(O)O1. The smallest absolute Gasteiger partial charge is 0.463 e. The predicted molar refractivity (Wildman–Crippen MR) is 109 cm³/mol. The van der Waals surface area contributed by atoms with Crippen LogP contribution in [-0.2, 0) is 18.8 Å². The van der Waals surface area contributed by atoms with Gasteiger partial charge in [-0.3, -0.25) is 4.79 Å². The summed E-state index contributed by atoms with van der Waals surface area (Å²) in [7, 11) is -1.18. The predicted octanol–water partition coefficient (Wildman–Crippen LogP) is 4.96. The Hall–Kier alpha value is -0.845. The Kier molecular flexibility index (Phi) is 15.5. The molecule has 1 aliphatic rings. The second-order valence-corrected chi connectivity index (χ2v) is 7.42. The number of unbranched alkanes of at least 4 members (excludes halogenated alkanes) is 11. The molecule has 156 valence electrons. The molecule has 1 heterocycles. The minimum Gasteiger partial charge on any atom is -0.463 e. The zero-order valence-corrected chi connectivity index (χ0v) is 17.2. The molecule has 0 saturated carbocycles. The van der Waals surface area contributed by atoms with E-state index in [0.717, 1.165) is 12.8 Å². The fraction of sp³-hybridized carbons (Fsp3) is 0.857. The molecule has 27 heavy (non-hydrogen) atoms. The van der Waals surface area contributed by atoms with E-state index in [2.05, 4.69) is 19.1 Å². The van der Waals surface area contributed by atoms with E-state index in [1.807, 2.05) is 0 Å². The third-order valence-electron chi connectivity index (χ3n) is 4.81. The zero-order valence-electron chi connectivity index (χ0n) is 17.2. The fourth-order valence-corrected chi connectivity index (χ4v) is 3.12. The lowest BCUT2D eigenvalue weighted by atomic mass is 10.1. The number of allylic oxidation sites excluding steroid dienone is 2. The van der Waals surface area contributed by atoms with Crippen LogP contribution in [0.1, 0.15) is 96.8 Å². The molecule has 0 aromatic heterocycles. The molecule has 1 fully saturated rings. The van der Waals surface area contributed by atoms with Gasteiger partial charge in [0.05, 0.1) is 6.61 Å². The molecular weight excluding hydrogens is 343 g/mol. The van der Waals surface area contributed by atoms with Crippen molar-refractivity contribution in [3.63, 3.8) is 0 Å². The van der Waals surface area contributed by atoms with Crippen molar-refractivity contribution >= 4 is 13.3 Å². The molecule has 5 nitrogen and oxygen atoms in total. The van der Waals surface area contributed by atoms with E-state index in [0.29, 0.717) is 6.42 Å². The van der Waals surface area contributed by atoms with Crippen LogP contribution in [0.4, 0.5) is 0 Å². The van der Waals surface area contributed by atoms with Gasteiger partial charge in [0.25, 0.3) is 0 Å². The van der Waals surface area contributed by atoms with Gasteiger partial charge >= 0.3 is 13.3 Å². The van der Waals surface area contributed by atoms with Gasteiger partial charge in [0.2, 0.25) is 0 Å². The van der Waals surface area contributed by atoms with Gasteiger partial charge in [-0.15, -0.1) is 0 Å². The maximum atomic E-state index is 11.6. The standard InChI is InChI=1S/C21H39BO5/c1-2-3-4-5-6-7-8-9-10-11-12-13-14-15-16-17-21(23)25-18-20-19-26-22(24)27-20/h9-10,20,24H,2-8,11-19H2,1H3/b10-9-. The van der Waals surface area contributed by atoms with Crippen molar-refractivity contribution in [1.82, 2.24) is 0 Å². The average Bonchev–Trinajstić information content (AvgIpc) is 3.08. The molecule has 1 unspecified atom stereocenters. The number of hydrogen-bond donors (Lipinski definition) is 1. The van der Waals surface area contributed by atoms with Crippen LogP contribution in [0.2, 0.25) is 0 Å². The Morgan fingerprint density at radius 3 is 2.19 bits per heavy atom. The van der Waals surface area contributed by atoms with Gasteiger partial charge in [0.15, 0.2) is 0 Å². The first kappa shape index (κ1) is 24.2. The van der Waals surface area contributed by atoms with E-state index >= 15 is 0 Å². The Bertz CT molecular complexity index is 389. The topological polar surface area (TPSA) is 65.0 Å². The molecule has 0 aromatic carbocycles. The quantitative estimate of drug-likeness (QED) is 0.167. The van der Waals surface area contributed by atoms with E-state index in [1.54, 1.807) is 0 Å².